The van der Waals surface area contributed by atoms with Crippen LogP contribution in [0.4, 0.5) is 4.39 Å². The van der Waals surface area contributed by atoms with Gasteiger partial charge in [0.1, 0.15) is 10.4 Å². The molecule has 0 fully saturated rings. The second kappa shape index (κ2) is 3.35. The van der Waals surface area contributed by atoms with E-state index in [-0.39, 0.29) is 11.9 Å². The summed E-state index contributed by atoms with van der Waals surface area (Å²) in [6.45, 7) is 4.07. The first-order valence-electron chi connectivity index (χ1n) is 4.43. The normalized spacial score (nSPS) is 11.5. The number of rotatable bonds is 1. The van der Waals surface area contributed by atoms with Gasteiger partial charge in [-0.2, -0.15) is 5.10 Å². The molecule has 1 aromatic heterocycles. The summed E-state index contributed by atoms with van der Waals surface area (Å²) < 4.78 is 15.7. The zero-order valence-corrected chi connectivity index (χ0v) is 9.55. The average molecular weight is 257 g/mol. The molecule has 0 bridgehead atoms. The van der Waals surface area contributed by atoms with Crippen molar-refractivity contribution < 1.29 is 4.39 Å². The van der Waals surface area contributed by atoms with Gasteiger partial charge >= 0.3 is 0 Å². The third-order valence-electron chi connectivity index (χ3n) is 2.09. The summed E-state index contributed by atoms with van der Waals surface area (Å²) >= 11 is 3.45. The Labute approximate surface area is 89.8 Å². The molecule has 2 aromatic rings. The maximum Gasteiger partial charge on any atom is 0.125 e. The first-order valence-corrected chi connectivity index (χ1v) is 5.22. The van der Waals surface area contributed by atoms with Gasteiger partial charge in [0.25, 0.3) is 0 Å². The van der Waals surface area contributed by atoms with Crippen molar-refractivity contribution >= 4 is 26.8 Å². The first kappa shape index (κ1) is 9.65. The van der Waals surface area contributed by atoms with Gasteiger partial charge in [0, 0.05) is 17.5 Å². The van der Waals surface area contributed by atoms with E-state index >= 15 is 0 Å². The van der Waals surface area contributed by atoms with Crippen LogP contribution < -0.4 is 0 Å². The molecule has 0 unspecified atom stereocenters. The van der Waals surface area contributed by atoms with Crippen LogP contribution in [-0.2, 0) is 0 Å². The molecule has 0 radical (unpaired) electrons. The van der Waals surface area contributed by atoms with E-state index in [9.17, 15) is 4.39 Å². The lowest BCUT2D eigenvalue weighted by atomic mass is 10.2. The van der Waals surface area contributed by atoms with Crippen LogP contribution in [0.25, 0.3) is 10.9 Å². The fraction of sp³-hybridized carbons (Fsp3) is 0.300. The van der Waals surface area contributed by atoms with E-state index in [2.05, 4.69) is 21.0 Å². The van der Waals surface area contributed by atoms with Gasteiger partial charge in [-0.05, 0) is 41.9 Å². The fourth-order valence-corrected chi connectivity index (χ4v) is 2.21. The van der Waals surface area contributed by atoms with Gasteiger partial charge in [-0.3, -0.25) is 4.68 Å². The van der Waals surface area contributed by atoms with Crippen molar-refractivity contribution in [3.63, 3.8) is 0 Å². The fourth-order valence-electron chi connectivity index (χ4n) is 1.39. The summed E-state index contributed by atoms with van der Waals surface area (Å²) in [5.74, 6) is -0.251. The number of fused-ring (bicyclic) bond motifs is 1. The second-order valence-corrected chi connectivity index (χ2v) is 4.24. The molecule has 0 aliphatic heterocycles. The van der Waals surface area contributed by atoms with E-state index in [0.717, 1.165) is 9.99 Å². The van der Waals surface area contributed by atoms with Crippen LogP contribution in [0.1, 0.15) is 19.9 Å². The number of nitrogens with zero attached hydrogens (tertiary/aromatic N) is 2. The highest BCUT2D eigenvalue weighted by molar-refractivity contribution is 9.10. The van der Waals surface area contributed by atoms with Crippen LogP contribution in [-0.4, -0.2) is 9.78 Å². The number of halogens is 2. The predicted molar refractivity (Wildman–Crippen MR) is 57.8 cm³/mol. The summed E-state index contributed by atoms with van der Waals surface area (Å²) in [7, 11) is 0. The first-order chi connectivity index (χ1) is 6.59. The molecule has 0 spiro atoms. The largest absolute Gasteiger partial charge is 0.255 e. The lowest BCUT2D eigenvalue weighted by molar-refractivity contribution is 0.527. The molecule has 1 heterocycles. The topological polar surface area (TPSA) is 17.8 Å². The Morgan fingerprint density at radius 1 is 1.43 bits per heavy atom. The minimum atomic E-state index is -0.251. The Bertz CT molecular complexity index is 476. The molecular weight excluding hydrogens is 247 g/mol. The van der Waals surface area contributed by atoms with E-state index < -0.39 is 0 Å². The van der Waals surface area contributed by atoms with E-state index in [1.54, 1.807) is 6.07 Å². The van der Waals surface area contributed by atoms with Crippen LogP contribution in [0.2, 0.25) is 0 Å². The van der Waals surface area contributed by atoms with Gasteiger partial charge in [-0.15, -0.1) is 0 Å². The molecule has 4 heteroatoms. The Hall–Kier alpha value is -0.900. The van der Waals surface area contributed by atoms with Gasteiger partial charge in [-0.1, -0.05) is 0 Å². The average Bonchev–Trinajstić information content (AvgIpc) is 2.43. The molecule has 0 aliphatic rings. The molecular formula is C10H10BrFN2. The van der Waals surface area contributed by atoms with Gasteiger partial charge in [0.15, 0.2) is 0 Å². The van der Waals surface area contributed by atoms with Crippen LogP contribution in [0, 0.1) is 5.82 Å². The van der Waals surface area contributed by atoms with Crippen molar-refractivity contribution in [2.75, 3.05) is 0 Å². The molecule has 2 nitrogen and oxygen atoms in total. The molecule has 1 aromatic carbocycles. The van der Waals surface area contributed by atoms with Crippen molar-refractivity contribution in [2.24, 2.45) is 0 Å². The molecule has 0 saturated heterocycles. The minimum Gasteiger partial charge on any atom is -0.255 e. The molecule has 0 N–H and O–H groups in total. The smallest absolute Gasteiger partial charge is 0.125 e. The van der Waals surface area contributed by atoms with Crippen LogP contribution in [0.5, 0.6) is 0 Å². The lowest BCUT2D eigenvalue weighted by Gasteiger charge is -2.05. The Balaban J connectivity index is 2.73. The molecule has 2 rings (SSSR count). The summed E-state index contributed by atoms with van der Waals surface area (Å²) in [5, 5.41) is 5.25. The zero-order valence-electron chi connectivity index (χ0n) is 7.96. The highest BCUT2D eigenvalue weighted by Crippen LogP contribution is 2.26. The van der Waals surface area contributed by atoms with Crippen LogP contribution in [0.3, 0.4) is 0 Å². The monoisotopic (exact) mass is 256 g/mol. The van der Waals surface area contributed by atoms with Crippen molar-refractivity contribution in [3.05, 3.63) is 28.6 Å². The SMILES string of the molecule is CC(C)n1nc2cc(F)ccc2c1Br. The molecule has 0 amide bonds. The van der Waals surface area contributed by atoms with E-state index in [0.29, 0.717) is 5.52 Å². The molecule has 14 heavy (non-hydrogen) atoms. The van der Waals surface area contributed by atoms with Crippen molar-refractivity contribution in [3.8, 4) is 0 Å². The Morgan fingerprint density at radius 3 is 2.79 bits per heavy atom. The minimum absolute atomic E-state index is 0.251. The molecule has 0 saturated carbocycles. The van der Waals surface area contributed by atoms with Gasteiger partial charge in [0.05, 0.1) is 5.52 Å². The van der Waals surface area contributed by atoms with Crippen LogP contribution >= 0.6 is 15.9 Å². The standard InChI is InChI=1S/C10H10BrFN2/c1-6(2)14-10(11)8-4-3-7(12)5-9(8)13-14/h3-6H,1-2H3. The van der Waals surface area contributed by atoms with Crippen molar-refractivity contribution in [1.82, 2.24) is 9.78 Å². The second-order valence-electron chi connectivity index (χ2n) is 3.49. The van der Waals surface area contributed by atoms with Gasteiger partial charge in [0.2, 0.25) is 0 Å². The predicted octanol–water partition coefficient (Wildman–Crippen LogP) is 3.52. The Kier molecular flexibility index (Phi) is 2.31. The van der Waals surface area contributed by atoms with E-state index in [1.165, 1.54) is 12.1 Å². The third kappa shape index (κ3) is 1.43. The zero-order chi connectivity index (χ0) is 10.3. The van der Waals surface area contributed by atoms with Crippen molar-refractivity contribution in [1.29, 1.82) is 0 Å². The number of hydrogen-bond donors (Lipinski definition) is 0. The highest BCUT2D eigenvalue weighted by Gasteiger charge is 2.10. The quantitative estimate of drug-likeness (QED) is 0.764. The number of benzene rings is 1. The summed E-state index contributed by atoms with van der Waals surface area (Å²) in [4.78, 5) is 0. The highest BCUT2D eigenvalue weighted by atomic mass is 79.9. The summed E-state index contributed by atoms with van der Waals surface area (Å²) in [6.07, 6.45) is 0. The maximum absolute atomic E-state index is 12.9. The lowest BCUT2D eigenvalue weighted by Crippen LogP contribution is -2.02. The summed E-state index contributed by atoms with van der Waals surface area (Å²) in [5.41, 5.74) is 0.686. The van der Waals surface area contributed by atoms with Crippen molar-refractivity contribution in [2.45, 2.75) is 19.9 Å². The Morgan fingerprint density at radius 2 is 2.14 bits per heavy atom. The van der Waals surface area contributed by atoms with Gasteiger partial charge < -0.3 is 0 Å². The molecule has 0 atom stereocenters. The number of hydrogen-bond acceptors (Lipinski definition) is 1. The third-order valence-corrected chi connectivity index (χ3v) is 2.88. The number of aromatic nitrogens is 2. The van der Waals surface area contributed by atoms with E-state index in [4.69, 9.17) is 0 Å². The molecule has 74 valence electrons. The van der Waals surface area contributed by atoms with E-state index in [1.807, 2.05) is 18.5 Å². The molecule has 0 aliphatic carbocycles. The van der Waals surface area contributed by atoms with Gasteiger partial charge in [-0.25, -0.2) is 4.39 Å². The summed E-state index contributed by atoms with van der Waals surface area (Å²) in [6, 6.07) is 4.89. The van der Waals surface area contributed by atoms with Crippen LogP contribution in [0.15, 0.2) is 22.8 Å². The maximum atomic E-state index is 12.9.